The summed E-state index contributed by atoms with van der Waals surface area (Å²) in [7, 11) is 0. The molecule has 0 aliphatic heterocycles. The Morgan fingerprint density at radius 3 is 2.70 bits per heavy atom. The van der Waals surface area contributed by atoms with Crippen LogP contribution >= 0.6 is 23.1 Å². The molecule has 27 heavy (non-hydrogen) atoms. The summed E-state index contributed by atoms with van der Waals surface area (Å²) in [4.78, 5) is 28.0. The fourth-order valence-corrected chi connectivity index (χ4v) is 3.40. The Balaban J connectivity index is 1.60. The molecule has 1 aromatic heterocycles. The van der Waals surface area contributed by atoms with Crippen LogP contribution in [0.3, 0.4) is 0 Å². The third kappa shape index (κ3) is 4.83. The van der Waals surface area contributed by atoms with Gasteiger partial charge < -0.3 is 4.74 Å². The summed E-state index contributed by atoms with van der Waals surface area (Å²) in [6.07, 6.45) is 2.01. The van der Waals surface area contributed by atoms with E-state index < -0.39 is 10.8 Å². The average Bonchev–Trinajstić information content (AvgIpc) is 3.15. The summed E-state index contributed by atoms with van der Waals surface area (Å²) >= 11 is 2.96. The molecule has 9 heteroatoms. The Kier molecular flexibility index (Phi) is 6.05. The molecular formula is C18H15N3O4S2. The monoisotopic (exact) mass is 401 g/mol. The number of ether oxygens (including phenoxy) is 1. The minimum Gasteiger partial charge on any atom is -0.477 e. The summed E-state index contributed by atoms with van der Waals surface area (Å²) in [5.74, 6) is -0.391. The normalized spacial score (nSPS) is 10.4. The van der Waals surface area contributed by atoms with Gasteiger partial charge in [-0.05, 0) is 24.5 Å². The molecule has 3 aromatic rings. The third-order valence-corrected chi connectivity index (χ3v) is 5.06. The van der Waals surface area contributed by atoms with E-state index in [-0.39, 0.29) is 18.0 Å². The quantitative estimate of drug-likeness (QED) is 0.357. The summed E-state index contributed by atoms with van der Waals surface area (Å²) in [6, 6.07) is 13.9. The van der Waals surface area contributed by atoms with Crippen LogP contribution in [0, 0.1) is 10.1 Å². The number of nitrogens with one attached hydrogen (secondary N) is 1. The minimum absolute atomic E-state index is 0.0476. The second kappa shape index (κ2) is 8.65. The molecule has 1 N–H and O–H groups in total. The number of carbonyl (C=O) groups excluding carboxylic acids is 1. The van der Waals surface area contributed by atoms with Crippen LogP contribution in [0.15, 0.2) is 58.8 Å². The number of hydrogen-bond donors (Lipinski definition) is 1. The van der Waals surface area contributed by atoms with Crippen molar-refractivity contribution in [2.24, 2.45) is 0 Å². The molecule has 0 radical (unpaired) electrons. The van der Waals surface area contributed by atoms with Gasteiger partial charge in [0.1, 0.15) is 0 Å². The average molecular weight is 401 g/mol. The lowest BCUT2D eigenvalue weighted by Crippen LogP contribution is -2.20. The van der Waals surface area contributed by atoms with E-state index in [2.05, 4.69) is 10.3 Å². The van der Waals surface area contributed by atoms with E-state index in [9.17, 15) is 14.9 Å². The first-order chi connectivity index (χ1) is 13.1. The van der Waals surface area contributed by atoms with Crippen molar-refractivity contribution in [3.63, 3.8) is 0 Å². The van der Waals surface area contributed by atoms with E-state index >= 15 is 0 Å². The summed E-state index contributed by atoms with van der Waals surface area (Å²) in [6.45, 7) is -0.345. The van der Waals surface area contributed by atoms with Crippen molar-refractivity contribution in [1.82, 2.24) is 4.98 Å². The van der Waals surface area contributed by atoms with Gasteiger partial charge in [0.25, 0.3) is 5.91 Å². The van der Waals surface area contributed by atoms with E-state index in [1.807, 2.05) is 35.9 Å². The van der Waals surface area contributed by atoms with Crippen LogP contribution in [0.25, 0.3) is 11.3 Å². The highest BCUT2D eigenvalue weighted by molar-refractivity contribution is 7.98. The van der Waals surface area contributed by atoms with Crippen molar-refractivity contribution in [2.75, 3.05) is 18.2 Å². The first kappa shape index (κ1) is 18.9. The second-order valence-corrected chi connectivity index (χ2v) is 7.07. The van der Waals surface area contributed by atoms with Crippen molar-refractivity contribution in [1.29, 1.82) is 0 Å². The van der Waals surface area contributed by atoms with Crippen LogP contribution in [0.1, 0.15) is 0 Å². The maximum absolute atomic E-state index is 12.1. The lowest BCUT2D eigenvalue weighted by Gasteiger charge is -2.06. The Labute approximate surface area is 163 Å². The highest BCUT2D eigenvalue weighted by Crippen LogP contribution is 2.27. The molecule has 7 nitrogen and oxygen atoms in total. The van der Waals surface area contributed by atoms with Crippen LogP contribution in [-0.2, 0) is 4.79 Å². The first-order valence-electron chi connectivity index (χ1n) is 7.83. The van der Waals surface area contributed by atoms with Gasteiger partial charge in [0, 0.05) is 21.9 Å². The summed E-state index contributed by atoms with van der Waals surface area (Å²) < 4.78 is 5.27. The molecule has 138 valence electrons. The van der Waals surface area contributed by atoms with Crippen molar-refractivity contribution >= 4 is 39.8 Å². The number of carbonyl (C=O) groups is 1. The van der Waals surface area contributed by atoms with E-state index in [1.54, 1.807) is 17.8 Å². The van der Waals surface area contributed by atoms with Gasteiger partial charge in [-0.3, -0.25) is 20.2 Å². The molecule has 3 rings (SSSR count). The lowest BCUT2D eigenvalue weighted by atomic mass is 10.2. The number of thiazole rings is 1. The molecular weight excluding hydrogens is 386 g/mol. The Bertz CT molecular complexity index is 957. The molecule has 0 atom stereocenters. The van der Waals surface area contributed by atoms with Crippen LogP contribution in [0.4, 0.5) is 10.8 Å². The van der Waals surface area contributed by atoms with E-state index in [1.165, 1.54) is 29.5 Å². The number of aromatic nitrogens is 1. The number of thioether (sulfide) groups is 1. The third-order valence-electron chi connectivity index (χ3n) is 3.56. The Morgan fingerprint density at radius 2 is 2.00 bits per heavy atom. The number of nitro benzene ring substituents is 1. The van der Waals surface area contributed by atoms with Crippen molar-refractivity contribution in [2.45, 2.75) is 4.90 Å². The van der Waals surface area contributed by atoms with Gasteiger partial charge in [0.2, 0.25) is 0 Å². The van der Waals surface area contributed by atoms with Crippen LogP contribution < -0.4 is 10.1 Å². The first-order valence-corrected chi connectivity index (χ1v) is 9.93. The predicted octanol–water partition coefficient (Wildman–Crippen LogP) is 4.46. The largest absolute Gasteiger partial charge is 0.477 e. The van der Waals surface area contributed by atoms with Gasteiger partial charge in [-0.15, -0.1) is 23.1 Å². The molecule has 1 heterocycles. The van der Waals surface area contributed by atoms with Crippen molar-refractivity contribution < 1.29 is 14.5 Å². The SMILES string of the molecule is CSc1ccc(-c2csc(NC(=O)COc3ccccc3[N+](=O)[O-])n2)cc1. The number of rotatable bonds is 7. The van der Waals surface area contributed by atoms with Gasteiger partial charge in [-0.2, -0.15) is 0 Å². The smallest absolute Gasteiger partial charge is 0.310 e. The fourth-order valence-electron chi connectivity index (χ4n) is 2.25. The number of nitro groups is 1. The van der Waals surface area contributed by atoms with E-state index in [4.69, 9.17) is 4.74 Å². The molecule has 0 spiro atoms. The Morgan fingerprint density at radius 1 is 1.26 bits per heavy atom. The summed E-state index contributed by atoms with van der Waals surface area (Å²) in [5.41, 5.74) is 1.54. The highest BCUT2D eigenvalue weighted by Gasteiger charge is 2.15. The van der Waals surface area contributed by atoms with E-state index in [0.717, 1.165) is 16.2 Å². The number of amides is 1. The fraction of sp³-hybridized carbons (Fsp3) is 0.111. The molecule has 0 saturated carbocycles. The van der Waals surface area contributed by atoms with Crippen LogP contribution in [-0.4, -0.2) is 28.7 Å². The number of hydrogen-bond acceptors (Lipinski definition) is 7. The molecule has 0 aliphatic carbocycles. The zero-order valence-corrected chi connectivity index (χ0v) is 15.9. The van der Waals surface area contributed by atoms with Gasteiger partial charge >= 0.3 is 5.69 Å². The number of benzene rings is 2. The molecule has 0 unspecified atom stereocenters. The molecule has 0 fully saturated rings. The molecule has 0 aliphatic rings. The molecule has 1 amide bonds. The standard InChI is InChI=1S/C18H15N3O4S2/c1-26-13-8-6-12(7-9-13)14-11-27-18(19-14)20-17(22)10-25-16-5-3-2-4-15(16)21(23)24/h2-9,11H,10H2,1H3,(H,19,20,22). The predicted molar refractivity (Wildman–Crippen MR) is 107 cm³/mol. The van der Waals surface area contributed by atoms with Crippen LogP contribution in [0.2, 0.25) is 0 Å². The van der Waals surface area contributed by atoms with Crippen molar-refractivity contribution in [3.8, 4) is 17.0 Å². The van der Waals surface area contributed by atoms with Gasteiger partial charge in [0.15, 0.2) is 17.5 Å². The maximum Gasteiger partial charge on any atom is 0.310 e. The van der Waals surface area contributed by atoms with Gasteiger partial charge in [-0.1, -0.05) is 24.3 Å². The van der Waals surface area contributed by atoms with E-state index in [0.29, 0.717) is 5.13 Å². The van der Waals surface area contributed by atoms with Crippen molar-refractivity contribution in [3.05, 3.63) is 64.0 Å². The topological polar surface area (TPSA) is 94.4 Å². The minimum atomic E-state index is -0.553. The molecule has 2 aromatic carbocycles. The second-order valence-electron chi connectivity index (χ2n) is 5.33. The number of para-hydroxylation sites is 2. The summed E-state index contributed by atoms with van der Waals surface area (Å²) in [5, 5.41) is 15.9. The lowest BCUT2D eigenvalue weighted by molar-refractivity contribution is -0.385. The molecule has 0 saturated heterocycles. The maximum atomic E-state index is 12.1. The van der Waals surface area contributed by atoms with Crippen LogP contribution in [0.5, 0.6) is 5.75 Å². The van der Waals surface area contributed by atoms with Gasteiger partial charge in [0.05, 0.1) is 10.6 Å². The number of anilines is 1. The highest BCUT2D eigenvalue weighted by atomic mass is 32.2. The zero-order valence-electron chi connectivity index (χ0n) is 14.2. The van der Waals surface area contributed by atoms with Gasteiger partial charge in [-0.25, -0.2) is 4.98 Å². The number of nitrogens with zero attached hydrogens (tertiary/aromatic N) is 2. The zero-order chi connectivity index (χ0) is 19.2. The Hall–Kier alpha value is -2.91. The molecule has 0 bridgehead atoms.